The van der Waals surface area contributed by atoms with Crippen molar-refractivity contribution >= 4 is 33.3 Å². The van der Waals surface area contributed by atoms with E-state index in [0.717, 1.165) is 5.56 Å². The number of halogens is 1. The molecule has 7 heteroatoms. The Bertz CT molecular complexity index is 862. The van der Waals surface area contributed by atoms with Gasteiger partial charge in [0.05, 0.1) is 23.3 Å². The molecule has 0 aromatic heterocycles. The maximum Gasteiger partial charge on any atom is 0.338 e. The lowest BCUT2D eigenvalue weighted by molar-refractivity contribution is 0.0599. The molecule has 0 aliphatic carbocycles. The van der Waals surface area contributed by atoms with Crippen LogP contribution < -0.4 is 4.72 Å². The number of sulfonamides is 1. The van der Waals surface area contributed by atoms with Gasteiger partial charge in [0.15, 0.2) is 0 Å². The van der Waals surface area contributed by atoms with E-state index in [1.165, 1.54) is 31.4 Å². The number of ether oxygens (including phenoxy) is 1. The average molecular weight is 354 g/mol. The van der Waals surface area contributed by atoms with Crippen LogP contribution in [-0.4, -0.2) is 21.5 Å². The summed E-state index contributed by atoms with van der Waals surface area (Å²) in [5, 5.41) is 0.463. The Kier molecular flexibility index (Phi) is 4.97. The third-order valence-corrected chi connectivity index (χ3v) is 5.34. The molecule has 0 aliphatic rings. The molecule has 0 heterocycles. The van der Waals surface area contributed by atoms with Crippen molar-refractivity contribution in [3.05, 3.63) is 58.1 Å². The van der Waals surface area contributed by atoms with E-state index in [1.54, 1.807) is 19.1 Å². The molecule has 0 amide bonds. The van der Waals surface area contributed by atoms with Gasteiger partial charge in [-0.05, 0) is 49.2 Å². The molecule has 0 aliphatic heterocycles. The number of rotatable bonds is 4. The number of aryl methyl sites for hydroxylation is 1. The molecule has 0 unspecified atom stereocenters. The molecule has 0 saturated carbocycles. The van der Waals surface area contributed by atoms with Crippen molar-refractivity contribution in [3.8, 4) is 0 Å². The lowest BCUT2D eigenvalue weighted by Gasteiger charge is -2.13. The molecule has 2 rings (SSSR count). The quantitative estimate of drug-likeness (QED) is 0.853. The highest BCUT2D eigenvalue weighted by atomic mass is 35.5. The predicted molar refractivity (Wildman–Crippen MR) is 89.5 cm³/mol. The van der Waals surface area contributed by atoms with Crippen molar-refractivity contribution in [3.63, 3.8) is 0 Å². The zero-order valence-electron chi connectivity index (χ0n) is 12.9. The minimum Gasteiger partial charge on any atom is -0.465 e. The number of benzene rings is 2. The number of esters is 1. The van der Waals surface area contributed by atoms with Crippen molar-refractivity contribution < 1.29 is 17.9 Å². The molecule has 2 aromatic rings. The lowest BCUT2D eigenvalue weighted by atomic mass is 10.1. The summed E-state index contributed by atoms with van der Waals surface area (Å²) >= 11 is 6.01. The van der Waals surface area contributed by atoms with Crippen LogP contribution in [0, 0.1) is 13.8 Å². The van der Waals surface area contributed by atoms with Crippen molar-refractivity contribution in [1.82, 2.24) is 0 Å². The smallest absolute Gasteiger partial charge is 0.338 e. The fraction of sp³-hybridized carbons (Fsp3) is 0.188. The third kappa shape index (κ3) is 3.65. The van der Waals surface area contributed by atoms with E-state index in [4.69, 9.17) is 11.6 Å². The van der Waals surface area contributed by atoms with Gasteiger partial charge < -0.3 is 4.74 Å². The molecule has 5 nitrogen and oxygen atoms in total. The summed E-state index contributed by atoms with van der Waals surface area (Å²) in [7, 11) is -2.61. The highest BCUT2D eigenvalue weighted by molar-refractivity contribution is 7.92. The van der Waals surface area contributed by atoms with Gasteiger partial charge in [-0.2, -0.15) is 0 Å². The van der Waals surface area contributed by atoms with Gasteiger partial charge in [0, 0.05) is 5.02 Å². The van der Waals surface area contributed by atoms with Crippen LogP contribution in [0.3, 0.4) is 0 Å². The van der Waals surface area contributed by atoms with Gasteiger partial charge in [-0.3, -0.25) is 4.72 Å². The number of nitrogens with one attached hydrogen (secondary N) is 1. The van der Waals surface area contributed by atoms with Crippen LogP contribution in [0.5, 0.6) is 0 Å². The van der Waals surface area contributed by atoms with Gasteiger partial charge in [-0.1, -0.05) is 23.7 Å². The minimum atomic E-state index is -3.85. The van der Waals surface area contributed by atoms with E-state index in [9.17, 15) is 13.2 Å². The molecule has 0 spiro atoms. The zero-order valence-corrected chi connectivity index (χ0v) is 14.5. The van der Waals surface area contributed by atoms with Crippen LogP contribution in [0.2, 0.25) is 5.02 Å². The van der Waals surface area contributed by atoms with E-state index in [1.807, 2.05) is 6.92 Å². The van der Waals surface area contributed by atoms with Crippen molar-refractivity contribution in [2.75, 3.05) is 11.8 Å². The van der Waals surface area contributed by atoms with Crippen molar-refractivity contribution in [2.24, 2.45) is 0 Å². The Hall–Kier alpha value is -2.05. The third-order valence-electron chi connectivity index (χ3n) is 3.40. The second kappa shape index (κ2) is 6.60. The monoisotopic (exact) mass is 353 g/mol. The van der Waals surface area contributed by atoms with Gasteiger partial charge in [-0.15, -0.1) is 0 Å². The molecule has 1 N–H and O–H groups in total. The first-order chi connectivity index (χ1) is 10.8. The summed E-state index contributed by atoms with van der Waals surface area (Å²) in [6.07, 6.45) is 0. The number of hydrogen-bond acceptors (Lipinski definition) is 4. The van der Waals surface area contributed by atoms with Crippen LogP contribution in [0.4, 0.5) is 5.69 Å². The van der Waals surface area contributed by atoms with E-state index < -0.39 is 16.0 Å². The Labute approximate surface area is 140 Å². The molecular weight excluding hydrogens is 338 g/mol. The van der Waals surface area contributed by atoms with E-state index in [-0.39, 0.29) is 10.5 Å². The highest BCUT2D eigenvalue weighted by Gasteiger charge is 2.21. The van der Waals surface area contributed by atoms with Crippen LogP contribution in [0.25, 0.3) is 0 Å². The molecule has 23 heavy (non-hydrogen) atoms. The van der Waals surface area contributed by atoms with E-state index in [0.29, 0.717) is 16.3 Å². The molecular formula is C16H16ClNO4S. The number of anilines is 1. The van der Waals surface area contributed by atoms with Crippen LogP contribution in [0.15, 0.2) is 41.3 Å². The maximum absolute atomic E-state index is 12.6. The summed E-state index contributed by atoms with van der Waals surface area (Å²) in [5.74, 6) is -0.585. The summed E-state index contributed by atoms with van der Waals surface area (Å²) < 4.78 is 32.3. The molecule has 0 fully saturated rings. The molecule has 0 radical (unpaired) electrons. The maximum atomic E-state index is 12.6. The first-order valence-electron chi connectivity index (χ1n) is 6.73. The summed E-state index contributed by atoms with van der Waals surface area (Å²) in [4.78, 5) is 11.7. The SMILES string of the molecule is COC(=O)c1cccc(S(=O)(=O)Nc2ccc(C)c(Cl)c2)c1C. The number of methoxy groups -OCH3 is 1. The predicted octanol–water partition coefficient (Wildman–Crippen LogP) is 3.54. The highest BCUT2D eigenvalue weighted by Crippen LogP contribution is 2.25. The van der Waals surface area contributed by atoms with Gasteiger partial charge >= 0.3 is 5.97 Å². The first-order valence-corrected chi connectivity index (χ1v) is 8.59. The number of hydrogen-bond donors (Lipinski definition) is 1. The van der Waals surface area contributed by atoms with Gasteiger partial charge in [0.1, 0.15) is 0 Å². The minimum absolute atomic E-state index is 0.0112. The van der Waals surface area contributed by atoms with Crippen LogP contribution in [-0.2, 0) is 14.8 Å². The second-order valence-corrected chi connectivity index (χ2v) is 7.05. The largest absolute Gasteiger partial charge is 0.465 e. The second-order valence-electron chi connectivity index (χ2n) is 4.99. The van der Waals surface area contributed by atoms with Gasteiger partial charge in [-0.25, -0.2) is 13.2 Å². The molecule has 0 atom stereocenters. The summed E-state index contributed by atoms with van der Waals surface area (Å²) in [5.41, 5.74) is 1.73. The Morgan fingerprint density at radius 3 is 2.48 bits per heavy atom. The average Bonchev–Trinajstić information content (AvgIpc) is 2.50. The molecule has 2 aromatic carbocycles. The van der Waals surface area contributed by atoms with Crippen LogP contribution in [0.1, 0.15) is 21.5 Å². The topological polar surface area (TPSA) is 72.5 Å². The Morgan fingerprint density at radius 1 is 1.17 bits per heavy atom. The fourth-order valence-corrected chi connectivity index (χ4v) is 3.60. The summed E-state index contributed by atoms with van der Waals surface area (Å²) in [6, 6.07) is 9.32. The number of carbonyl (C=O) groups excluding carboxylic acids is 1. The van der Waals surface area contributed by atoms with Crippen molar-refractivity contribution in [2.45, 2.75) is 18.7 Å². The fourth-order valence-electron chi connectivity index (χ4n) is 2.10. The zero-order chi connectivity index (χ0) is 17.2. The van der Waals surface area contributed by atoms with Gasteiger partial charge in [0.25, 0.3) is 10.0 Å². The molecule has 0 bridgehead atoms. The van der Waals surface area contributed by atoms with Crippen LogP contribution >= 0.6 is 11.6 Å². The standard InChI is InChI=1S/C16H16ClNO4S/c1-10-7-8-12(9-14(10)17)18-23(20,21)15-6-4-5-13(11(15)2)16(19)22-3/h4-9,18H,1-3H3. The Morgan fingerprint density at radius 2 is 1.87 bits per heavy atom. The summed E-state index contributed by atoms with van der Waals surface area (Å²) in [6.45, 7) is 3.38. The van der Waals surface area contributed by atoms with Gasteiger partial charge in [0.2, 0.25) is 0 Å². The van der Waals surface area contributed by atoms with E-state index >= 15 is 0 Å². The Balaban J connectivity index is 2.44. The van der Waals surface area contributed by atoms with E-state index in [2.05, 4.69) is 9.46 Å². The van der Waals surface area contributed by atoms with Crippen molar-refractivity contribution in [1.29, 1.82) is 0 Å². The first kappa shape index (κ1) is 17.3. The number of carbonyl (C=O) groups is 1. The normalized spacial score (nSPS) is 11.1. The molecule has 122 valence electrons. The molecule has 0 saturated heterocycles. The lowest BCUT2D eigenvalue weighted by Crippen LogP contribution is -2.16.